The first kappa shape index (κ1) is 17.7. The summed E-state index contributed by atoms with van der Waals surface area (Å²) in [5.41, 5.74) is 2.39. The smallest absolute Gasteiger partial charge is 0.265 e. The Morgan fingerprint density at radius 3 is 2.96 bits per heavy atom. The van der Waals surface area contributed by atoms with Crippen molar-refractivity contribution < 1.29 is 19.1 Å². The highest BCUT2D eigenvalue weighted by Gasteiger charge is 2.32. The number of rotatable bonds is 3. The van der Waals surface area contributed by atoms with Gasteiger partial charge in [-0.25, -0.2) is 0 Å². The highest BCUT2D eigenvalue weighted by Crippen LogP contribution is 2.38. The number of nitrogens with zero attached hydrogens (tertiary/aromatic N) is 2. The van der Waals surface area contributed by atoms with Crippen molar-refractivity contribution in [2.24, 2.45) is 0 Å². The van der Waals surface area contributed by atoms with Crippen LogP contribution in [-0.2, 0) is 16.0 Å². The van der Waals surface area contributed by atoms with Crippen LogP contribution < -0.4 is 19.3 Å². The average Bonchev–Trinajstić information content (AvgIpc) is 2.69. The molecule has 0 spiro atoms. The first-order valence-corrected chi connectivity index (χ1v) is 9.15. The zero-order valence-corrected chi connectivity index (χ0v) is 15.7. The largest absolute Gasteiger partial charge is 0.495 e. The van der Waals surface area contributed by atoms with Crippen LogP contribution in [0, 0.1) is 0 Å². The Labute approximate surface area is 162 Å². The van der Waals surface area contributed by atoms with Crippen LogP contribution in [0.4, 0.5) is 11.4 Å². The van der Waals surface area contributed by atoms with Gasteiger partial charge in [0.05, 0.1) is 18.5 Å². The molecule has 0 N–H and O–H groups in total. The molecule has 2 aliphatic heterocycles. The van der Waals surface area contributed by atoms with Crippen LogP contribution in [0.5, 0.6) is 11.5 Å². The van der Waals surface area contributed by atoms with Crippen LogP contribution in [-0.4, -0.2) is 38.6 Å². The molecule has 27 heavy (non-hydrogen) atoms. The molecule has 4 rings (SSSR count). The van der Waals surface area contributed by atoms with Crippen LogP contribution in [0.15, 0.2) is 36.4 Å². The van der Waals surface area contributed by atoms with Crippen molar-refractivity contribution in [3.05, 3.63) is 47.0 Å². The van der Waals surface area contributed by atoms with E-state index < -0.39 is 0 Å². The van der Waals surface area contributed by atoms with Gasteiger partial charge in [-0.3, -0.25) is 14.5 Å². The maximum Gasteiger partial charge on any atom is 0.265 e. The summed E-state index contributed by atoms with van der Waals surface area (Å²) in [4.78, 5) is 28.7. The van der Waals surface area contributed by atoms with Gasteiger partial charge in [-0.05, 0) is 42.7 Å². The summed E-state index contributed by atoms with van der Waals surface area (Å²) < 4.78 is 10.9. The van der Waals surface area contributed by atoms with Crippen molar-refractivity contribution in [2.75, 3.05) is 36.6 Å². The van der Waals surface area contributed by atoms with Gasteiger partial charge in [0.15, 0.2) is 6.61 Å². The molecule has 0 saturated carbocycles. The second-order valence-corrected chi connectivity index (χ2v) is 6.93. The number of methoxy groups -OCH3 is 1. The maximum atomic E-state index is 13.1. The van der Waals surface area contributed by atoms with E-state index in [9.17, 15) is 9.59 Å². The number of hydrogen-bond donors (Lipinski definition) is 0. The van der Waals surface area contributed by atoms with Gasteiger partial charge in [0.2, 0.25) is 5.91 Å². The standard InChI is InChI=1S/C20H19ClN2O4/c1-26-17-6-2-4-13-5-3-9-22(20(13)17)18(24)11-23-15-10-14(21)7-8-16(15)27-12-19(23)25/h2,4,6-8,10H,3,5,9,11-12H2,1H3. The summed E-state index contributed by atoms with van der Waals surface area (Å²) in [5.74, 6) is 0.776. The lowest BCUT2D eigenvalue weighted by Gasteiger charge is -2.34. The molecule has 0 atom stereocenters. The predicted octanol–water partition coefficient (Wildman–Crippen LogP) is 3.05. The van der Waals surface area contributed by atoms with Gasteiger partial charge in [0, 0.05) is 11.6 Å². The Bertz CT molecular complexity index is 901. The average molecular weight is 387 g/mol. The van der Waals surface area contributed by atoms with Gasteiger partial charge < -0.3 is 14.4 Å². The maximum absolute atomic E-state index is 13.1. The number of carbonyl (C=O) groups excluding carboxylic acids is 2. The molecule has 0 unspecified atom stereocenters. The molecule has 0 bridgehead atoms. The van der Waals surface area contributed by atoms with E-state index in [1.165, 1.54) is 4.90 Å². The van der Waals surface area contributed by atoms with Crippen molar-refractivity contribution >= 4 is 34.8 Å². The first-order valence-electron chi connectivity index (χ1n) is 8.77. The third kappa shape index (κ3) is 3.21. The first-order chi connectivity index (χ1) is 13.1. The van der Waals surface area contributed by atoms with Crippen LogP contribution in [0.1, 0.15) is 12.0 Å². The molecular formula is C20H19ClN2O4. The van der Waals surface area contributed by atoms with E-state index in [0.29, 0.717) is 28.8 Å². The number of para-hydroxylation sites is 1. The highest BCUT2D eigenvalue weighted by molar-refractivity contribution is 6.31. The molecule has 0 aromatic heterocycles. The predicted molar refractivity (Wildman–Crippen MR) is 103 cm³/mol. The molecule has 2 aromatic rings. The minimum Gasteiger partial charge on any atom is -0.495 e. The third-order valence-electron chi connectivity index (χ3n) is 4.86. The monoisotopic (exact) mass is 386 g/mol. The molecule has 7 heteroatoms. The van der Waals surface area contributed by atoms with Gasteiger partial charge in [0.1, 0.15) is 18.0 Å². The summed E-state index contributed by atoms with van der Waals surface area (Å²) in [6.45, 7) is 0.419. The fourth-order valence-corrected chi connectivity index (χ4v) is 3.76. The molecular weight excluding hydrogens is 368 g/mol. The molecule has 2 aromatic carbocycles. The molecule has 0 aliphatic carbocycles. The fourth-order valence-electron chi connectivity index (χ4n) is 3.60. The second kappa shape index (κ2) is 7.12. The van der Waals surface area contributed by atoms with Crippen molar-refractivity contribution in [2.45, 2.75) is 12.8 Å². The topological polar surface area (TPSA) is 59.1 Å². The minimum absolute atomic E-state index is 0.0764. The lowest BCUT2D eigenvalue weighted by Crippen LogP contribution is -2.47. The van der Waals surface area contributed by atoms with Gasteiger partial charge >= 0.3 is 0 Å². The number of halogens is 1. The number of aryl methyl sites for hydroxylation is 1. The number of amides is 2. The van der Waals surface area contributed by atoms with E-state index in [4.69, 9.17) is 21.1 Å². The van der Waals surface area contributed by atoms with Gasteiger partial charge in [0.25, 0.3) is 5.91 Å². The normalized spacial score (nSPS) is 15.7. The lowest BCUT2D eigenvalue weighted by molar-refractivity contribution is -0.124. The summed E-state index contributed by atoms with van der Waals surface area (Å²) in [6.07, 6.45) is 1.76. The van der Waals surface area contributed by atoms with Crippen molar-refractivity contribution in [1.29, 1.82) is 0 Å². The van der Waals surface area contributed by atoms with Crippen molar-refractivity contribution in [3.8, 4) is 11.5 Å². The summed E-state index contributed by atoms with van der Waals surface area (Å²) in [6, 6.07) is 10.8. The van der Waals surface area contributed by atoms with Crippen molar-refractivity contribution in [1.82, 2.24) is 0 Å². The van der Waals surface area contributed by atoms with Crippen LogP contribution in [0.2, 0.25) is 5.02 Å². The molecule has 2 amide bonds. The summed E-state index contributed by atoms with van der Waals surface area (Å²) in [5, 5.41) is 0.481. The molecule has 6 nitrogen and oxygen atoms in total. The Kier molecular flexibility index (Phi) is 4.66. The van der Waals surface area contributed by atoms with Crippen molar-refractivity contribution in [3.63, 3.8) is 0 Å². The zero-order chi connectivity index (χ0) is 19.0. The fraction of sp³-hybridized carbons (Fsp3) is 0.300. The van der Waals surface area contributed by atoms with Gasteiger partial charge in [-0.15, -0.1) is 0 Å². The third-order valence-corrected chi connectivity index (χ3v) is 5.09. The molecule has 140 valence electrons. The molecule has 0 radical (unpaired) electrons. The Morgan fingerprint density at radius 2 is 2.15 bits per heavy atom. The molecule has 0 fully saturated rings. The van der Waals surface area contributed by atoms with Gasteiger partial charge in [-0.2, -0.15) is 0 Å². The minimum atomic E-state index is -0.268. The zero-order valence-electron chi connectivity index (χ0n) is 14.9. The van der Waals surface area contributed by atoms with E-state index in [0.717, 1.165) is 24.1 Å². The number of hydrogen-bond acceptors (Lipinski definition) is 4. The summed E-state index contributed by atoms with van der Waals surface area (Å²) >= 11 is 6.08. The van der Waals surface area contributed by atoms with E-state index in [1.54, 1.807) is 30.2 Å². The van der Waals surface area contributed by atoms with Gasteiger partial charge in [-0.1, -0.05) is 23.7 Å². The van der Waals surface area contributed by atoms with E-state index in [1.807, 2.05) is 18.2 Å². The van der Waals surface area contributed by atoms with E-state index in [2.05, 4.69) is 0 Å². The van der Waals surface area contributed by atoms with Crippen LogP contribution in [0.25, 0.3) is 0 Å². The van der Waals surface area contributed by atoms with Crippen LogP contribution >= 0.6 is 11.6 Å². The van der Waals surface area contributed by atoms with E-state index in [-0.39, 0.29) is 25.0 Å². The number of carbonyl (C=O) groups is 2. The van der Waals surface area contributed by atoms with E-state index >= 15 is 0 Å². The number of benzene rings is 2. The number of fused-ring (bicyclic) bond motifs is 2. The molecule has 0 saturated heterocycles. The number of anilines is 2. The Balaban J connectivity index is 1.65. The number of ether oxygens (including phenoxy) is 2. The Morgan fingerprint density at radius 1 is 1.30 bits per heavy atom. The lowest BCUT2D eigenvalue weighted by atomic mass is 10.0. The SMILES string of the molecule is COc1cccc2c1N(C(=O)CN1C(=O)COc3ccc(Cl)cc31)CCC2. The second-order valence-electron chi connectivity index (χ2n) is 6.50. The quantitative estimate of drug-likeness (QED) is 0.813. The highest BCUT2D eigenvalue weighted by atomic mass is 35.5. The molecule has 2 heterocycles. The summed E-state index contributed by atoms with van der Waals surface area (Å²) in [7, 11) is 1.59. The Hall–Kier alpha value is -2.73. The molecule has 2 aliphatic rings. The van der Waals surface area contributed by atoms with Crippen LogP contribution in [0.3, 0.4) is 0 Å².